The quantitative estimate of drug-likeness (QED) is 0.352. The lowest BCUT2D eigenvalue weighted by Gasteiger charge is -2.32. The molecule has 0 radical (unpaired) electrons. The van der Waals surface area contributed by atoms with Crippen molar-refractivity contribution in [2.75, 3.05) is 19.1 Å². The number of hydrogen-bond acceptors (Lipinski definition) is 7. The second-order valence-corrected chi connectivity index (χ2v) is 8.14. The van der Waals surface area contributed by atoms with Gasteiger partial charge >= 0.3 is 0 Å². The molecule has 4 aromatic rings. The summed E-state index contributed by atoms with van der Waals surface area (Å²) in [6.07, 6.45) is 2.79. The number of halogens is 1. The number of carbonyl (C=O) groups is 1. The highest BCUT2D eigenvalue weighted by Crippen LogP contribution is 2.35. The average molecular weight is 479 g/mol. The van der Waals surface area contributed by atoms with Crippen LogP contribution in [-0.2, 0) is 13.5 Å². The van der Waals surface area contributed by atoms with Crippen LogP contribution in [0.5, 0.6) is 5.75 Å². The van der Waals surface area contributed by atoms with Gasteiger partial charge in [0.2, 0.25) is 11.7 Å². The van der Waals surface area contributed by atoms with Crippen LogP contribution < -0.4 is 15.2 Å². The van der Waals surface area contributed by atoms with Crippen LogP contribution in [0, 0.1) is 0 Å². The number of hydrogen-bond donors (Lipinski definition) is 0. The van der Waals surface area contributed by atoms with Crippen LogP contribution >= 0.6 is 11.6 Å². The minimum absolute atomic E-state index is 0.0319. The first-order chi connectivity index (χ1) is 16.4. The minimum atomic E-state index is -0.473. The monoisotopic (exact) mass is 478 g/mol. The maximum absolute atomic E-state index is 13.2. The van der Waals surface area contributed by atoms with E-state index in [4.69, 9.17) is 20.9 Å². The molecule has 8 nitrogen and oxygen atoms in total. The lowest BCUT2D eigenvalue weighted by Crippen LogP contribution is -2.34. The van der Waals surface area contributed by atoms with Gasteiger partial charge in [-0.05, 0) is 17.2 Å². The molecule has 4 rings (SSSR count). The molecule has 0 saturated heterocycles. The lowest BCUT2D eigenvalue weighted by molar-refractivity contribution is 0.0984. The molecule has 174 valence electrons. The zero-order valence-corrected chi connectivity index (χ0v) is 19.7. The Morgan fingerprint density at radius 3 is 2.53 bits per heavy atom. The second-order valence-electron chi connectivity index (χ2n) is 7.74. The Kier molecular flexibility index (Phi) is 6.79. The van der Waals surface area contributed by atoms with Gasteiger partial charge < -0.3 is 14.2 Å². The van der Waals surface area contributed by atoms with E-state index in [1.165, 1.54) is 24.1 Å². The summed E-state index contributed by atoms with van der Waals surface area (Å²) >= 11 is 6.58. The van der Waals surface area contributed by atoms with Crippen molar-refractivity contribution < 1.29 is 14.1 Å². The summed E-state index contributed by atoms with van der Waals surface area (Å²) in [5.74, 6) is -0.218. The maximum atomic E-state index is 13.2. The second kappa shape index (κ2) is 9.93. The third kappa shape index (κ3) is 4.45. The van der Waals surface area contributed by atoms with Crippen molar-refractivity contribution in [3.63, 3.8) is 0 Å². The van der Waals surface area contributed by atoms with Gasteiger partial charge in [-0.3, -0.25) is 14.2 Å². The molecule has 0 aliphatic heterocycles. The van der Waals surface area contributed by atoms with Crippen molar-refractivity contribution in [2.45, 2.75) is 12.5 Å². The van der Waals surface area contributed by atoms with Crippen LogP contribution in [0.3, 0.4) is 0 Å². The Morgan fingerprint density at radius 1 is 1.18 bits per heavy atom. The molecule has 0 aliphatic carbocycles. The van der Waals surface area contributed by atoms with Crippen molar-refractivity contribution in [3.8, 4) is 5.75 Å². The van der Waals surface area contributed by atoms with Gasteiger partial charge in [-0.2, -0.15) is 0 Å². The Balaban J connectivity index is 1.86. The van der Waals surface area contributed by atoms with E-state index in [9.17, 15) is 9.59 Å². The summed E-state index contributed by atoms with van der Waals surface area (Å²) in [7, 11) is 4.74. The Labute approximate surface area is 201 Å². The molecule has 0 amide bonds. The molecule has 2 aromatic carbocycles. The summed E-state index contributed by atoms with van der Waals surface area (Å²) in [5.41, 5.74) is 1.82. The fourth-order valence-corrected chi connectivity index (χ4v) is 4.14. The van der Waals surface area contributed by atoms with E-state index in [1.54, 1.807) is 7.05 Å². The van der Waals surface area contributed by atoms with Gasteiger partial charge in [0.05, 0.1) is 19.3 Å². The predicted molar refractivity (Wildman–Crippen MR) is 129 cm³/mol. The molecular formula is C25H23ClN4O4. The third-order valence-corrected chi connectivity index (χ3v) is 5.90. The van der Waals surface area contributed by atoms with Crippen LogP contribution in [0.1, 0.15) is 33.2 Å². The highest BCUT2D eigenvalue weighted by atomic mass is 35.5. The number of carbonyl (C=O) groups excluding carboxylic acids is 1. The van der Waals surface area contributed by atoms with Gasteiger partial charge in [0.25, 0.3) is 5.56 Å². The number of anilines is 1. The number of aromatic nitrogens is 3. The van der Waals surface area contributed by atoms with E-state index in [0.717, 1.165) is 11.1 Å². The van der Waals surface area contributed by atoms with Gasteiger partial charge in [-0.15, -0.1) is 0 Å². The van der Waals surface area contributed by atoms with E-state index in [-0.39, 0.29) is 35.6 Å². The molecule has 0 spiro atoms. The third-order valence-electron chi connectivity index (χ3n) is 5.56. The van der Waals surface area contributed by atoms with Gasteiger partial charge in [0.15, 0.2) is 11.5 Å². The molecule has 34 heavy (non-hydrogen) atoms. The van der Waals surface area contributed by atoms with Crippen LogP contribution in [0.15, 0.2) is 76.4 Å². The van der Waals surface area contributed by atoms with E-state index in [1.807, 2.05) is 66.5 Å². The van der Waals surface area contributed by atoms with Crippen molar-refractivity contribution >= 4 is 23.3 Å². The van der Waals surface area contributed by atoms with E-state index < -0.39 is 5.56 Å². The molecule has 0 bridgehead atoms. The lowest BCUT2D eigenvalue weighted by atomic mass is 9.97. The number of benzene rings is 2. The predicted octanol–water partition coefficient (Wildman–Crippen LogP) is 4.08. The summed E-state index contributed by atoms with van der Waals surface area (Å²) < 4.78 is 11.5. The Hall–Kier alpha value is -3.91. The Morgan fingerprint density at radius 2 is 1.88 bits per heavy atom. The molecule has 1 unspecified atom stereocenters. The minimum Gasteiger partial charge on any atom is -0.489 e. The summed E-state index contributed by atoms with van der Waals surface area (Å²) in [5, 5.41) is 4.20. The van der Waals surface area contributed by atoms with Crippen LogP contribution in [-0.4, -0.2) is 34.6 Å². The van der Waals surface area contributed by atoms with E-state index in [0.29, 0.717) is 10.6 Å². The topological polar surface area (TPSA) is 90.5 Å². The SMILES string of the molecule is COc1c(C(=O)Cc2cnoc2)nc(N(C)C(c2ccccc2)c2ccccc2Cl)n(C)c1=O. The van der Waals surface area contributed by atoms with Gasteiger partial charge in [-0.1, -0.05) is 65.3 Å². The van der Waals surface area contributed by atoms with Crippen molar-refractivity contribution in [2.24, 2.45) is 7.05 Å². The number of methoxy groups -OCH3 is 1. The largest absolute Gasteiger partial charge is 0.489 e. The molecule has 1 atom stereocenters. The summed E-state index contributed by atoms with van der Waals surface area (Å²) in [6, 6.07) is 16.9. The van der Waals surface area contributed by atoms with Crippen LogP contribution in [0.4, 0.5) is 5.95 Å². The van der Waals surface area contributed by atoms with Crippen LogP contribution in [0.2, 0.25) is 5.02 Å². The van der Waals surface area contributed by atoms with Crippen molar-refractivity contribution in [1.82, 2.24) is 14.7 Å². The number of ketones is 1. The van der Waals surface area contributed by atoms with Crippen LogP contribution in [0.25, 0.3) is 0 Å². The van der Waals surface area contributed by atoms with Crippen molar-refractivity contribution in [3.05, 3.63) is 105 Å². The molecule has 2 heterocycles. The van der Waals surface area contributed by atoms with E-state index >= 15 is 0 Å². The molecular weight excluding hydrogens is 456 g/mol. The summed E-state index contributed by atoms with van der Waals surface area (Å²) in [4.78, 5) is 32.7. The fourth-order valence-electron chi connectivity index (χ4n) is 3.90. The van der Waals surface area contributed by atoms with Gasteiger partial charge in [0.1, 0.15) is 6.26 Å². The Bertz CT molecular complexity index is 1350. The highest BCUT2D eigenvalue weighted by Gasteiger charge is 2.28. The molecule has 0 aliphatic rings. The van der Waals surface area contributed by atoms with Gasteiger partial charge in [-0.25, -0.2) is 4.98 Å². The first kappa shape index (κ1) is 23.3. The fraction of sp³-hybridized carbons (Fsp3) is 0.200. The number of nitrogens with zero attached hydrogens (tertiary/aromatic N) is 4. The average Bonchev–Trinajstić information content (AvgIpc) is 3.35. The number of Topliss-reactive ketones (excluding diaryl/α,β-unsaturated/α-hetero) is 1. The number of ether oxygens (including phenoxy) is 1. The van der Waals surface area contributed by atoms with Crippen molar-refractivity contribution in [1.29, 1.82) is 0 Å². The molecule has 2 aromatic heterocycles. The molecule has 0 N–H and O–H groups in total. The zero-order chi connectivity index (χ0) is 24.2. The maximum Gasteiger partial charge on any atom is 0.297 e. The van der Waals surface area contributed by atoms with Gasteiger partial charge in [0, 0.05) is 31.1 Å². The molecule has 0 fully saturated rings. The normalized spacial score (nSPS) is 11.8. The summed E-state index contributed by atoms with van der Waals surface area (Å²) in [6.45, 7) is 0. The first-order valence-corrected chi connectivity index (χ1v) is 10.9. The highest BCUT2D eigenvalue weighted by molar-refractivity contribution is 6.31. The first-order valence-electron chi connectivity index (χ1n) is 10.5. The molecule has 0 saturated carbocycles. The smallest absolute Gasteiger partial charge is 0.297 e. The standard InChI is InChI=1S/C25H23ClN4O4/c1-29(22(17-9-5-4-6-10-17)18-11-7-8-12-19(18)26)25-28-21(23(33-3)24(32)30(25)2)20(31)13-16-14-27-34-15-16/h4-12,14-15,22H,13H2,1-3H3. The van der Waals surface area contributed by atoms with E-state index in [2.05, 4.69) is 10.1 Å². The molecule has 9 heteroatoms. The zero-order valence-electron chi connectivity index (χ0n) is 18.9. The number of rotatable bonds is 8.